The molecule has 1 fully saturated rings. The third kappa shape index (κ3) is 4.64. The van der Waals surface area contributed by atoms with Crippen LogP contribution in [0.25, 0.3) is 0 Å². The summed E-state index contributed by atoms with van der Waals surface area (Å²) in [6.45, 7) is 3.99. The molecule has 1 unspecified atom stereocenters. The van der Waals surface area contributed by atoms with Gasteiger partial charge in [-0.3, -0.25) is 0 Å². The third-order valence-corrected chi connectivity index (χ3v) is 3.80. The third-order valence-electron chi connectivity index (χ3n) is 2.65. The van der Waals surface area contributed by atoms with Crippen LogP contribution in [0.4, 0.5) is 0 Å². The van der Waals surface area contributed by atoms with Crippen LogP contribution in [-0.4, -0.2) is 62.8 Å². The maximum atomic E-state index is 4.97. The van der Waals surface area contributed by atoms with Gasteiger partial charge in [0.1, 0.15) is 0 Å². The van der Waals surface area contributed by atoms with E-state index in [2.05, 4.69) is 29.0 Å². The van der Waals surface area contributed by atoms with Crippen molar-refractivity contribution in [1.82, 2.24) is 10.2 Å². The highest BCUT2D eigenvalue weighted by molar-refractivity contribution is 7.99. The molecule has 0 aliphatic carbocycles. The Morgan fingerprint density at radius 3 is 3.00 bits per heavy atom. The lowest BCUT2D eigenvalue weighted by Gasteiger charge is -2.23. The first-order valence-corrected chi connectivity index (χ1v) is 6.47. The predicted molar refractivity (Wildman–Crippen MR) is 63.1 cm³/mol. The van der Waals surface area contributed by atoms with Crippen molar-refractivity contribution in [3.8, 4) is 0 Å². The zero-order chi connectivity index (χ0) is 10.2. The molecule has 0 radical (unpaired) electrons. The minimum atomic E-state index is 0.809. The molecule has 0 saturated carbocycles. The predicted octanol–water partition coefficient (Wildman–Crippen LogP) is 0.660. The van der Waals surface area contributed by atoms with E-state index in [0.29, 0.717) is 0 Å². The lowest BCUT2D eigenvalue weighted by molar-refractivity contribution is 0.196. The highest BCUT2D eigenvalue weighted by Crippen LogP contribution is 2.20. The number of nitrogens with one attached hydrogen (secondary N) is 1. The zero-order valence-electron chi connectivity index (χ0n) is 9.29. The Morgan fingerprint density at radius 2 is 2.36 bits per heavy atom. The van der Waals surface area contributed by atoms with Crippen LogP contribution in [0.1, 0.15) is 6.42 Å². The van der Waals surface area contributed by atoms with Gasteiger partial charge in [-0.1, -0.05) is 0 Å². The van der Waals surface area contributed by atoms with Crippen LogP contribution in [0.5, 0.6) is 0 Å². The topological polar surface area (TPSA) is 24.5 Å². The largest absolute Gasteiger partial charge is 0.383 e. The fraction of sp³-hybridized carbons (Fsp3) is 1.00. The van der Waals surface area contributed by atoms with E-state index >= 15 is 0 Å². The standard InChI is InChI=1S/C10H22N2OS/c1-12(10-3-8-14-9-10)6-4-11-5-7-13-2/h10-11H,3-9H2,1-2H3. The smallest absolute Gasteiger partial charge is 0.0587 e. The van der Waals surface area contributed by atoms with Gasteiger partial charge in [-0.2, -0.15) is 11.8 Å². The molecule has 1 heterocycles. The van der Waals surface area contributed by atoms with E-state index in [1.165, 1.54) is 17.9 Å². The van der Waals surface area contributed by atoms with Crippen molar-refractivity contribution >= 4 is 11.8 Å². The van der Waals surface area contributed by atoms with E-state index < -0.39 is 0 Å². The summed E-state index contributed by atoms with van der Waals surface area (Å²) in [5, 5.41) is 3.37. The van der Waals surface area contributed by atoms with Crippen molar-refractivity contribution in [2.75, 3.05) is 51.9 Å². The van der Waals surface area contributed by atoms with Gasteiger partial charge in [0.05, 0.1) is 6.61 Å². The molecule has 1 aliphatic heterocycles. The minimum Gasteiger partial charge on any atom is -0.383 e. The Hall–Kier alpha value is 0.230. The summed E-state index contributed by atoms with van der Waals surface area (Å²) >= 11 is 2.08. The first-order valence-electron chi connectivity index (χ1n) is 5.32. The van der Waals surface area contributed by atoms with Crippen LogP contribution in [0.15, 0.2) is 0 Å². The highest BCUT2D eigenvalue weighted by Gasteiger charge is 2.18. The molecule has 1 N–H and O–H groups in total. The highest BCUT2D eigenvalue weighted by atomic mass is 32.2. The molecule has 0 aromatic carbocycles. The summed E-state index contributed by atoms with van der Waals surface area (Å²) < 4.78 is 4.97. The van der Waals surface area contributed by atoms with Crippen LogP contribution in [0.2, 0.25) is 0 Å². The molecular formula is C10H22N2OS. The number of nitrogens with zero attached hydrogens (tertiary/aromatic N) is 1. The van der Waals surface area contributed by atoms with Gasteiger partial charge in [0, 0.05) is 38.5 Å². The monoisotopic (exact) mass is 218 g/mol. The summed E-state index contributed by atoms with van der Waals surface area (Å²) in [6.07, 6.45) is 1.36. The Kier molecular flexibility index (Phi) is 6.60. The molecule has 1 rings (SSSR count). The van der Waals surface area contributed by atoms with Gasteiger partial charge in [0.25, 0.3) is 0 Å². The zero-order valence-corrected chi connectivity index (χ0v) is 10.1. The quantitative estimate of drug-likeness (QED) is 0.635. The summed E-state index contributed by atoms with van der Waals surface area (Å²) in [7, 11) is 3.97. The van der Waals surface area contributed by atoms with Crippen LogP contribution in [0, 0.1) is 0 Å². The molecule has 14 heavy (non-hydrogen) atoms. The summed E-state index contributed by atoms with van der Waals surface area (Å²) in [6, 6.07) is 0.809. The lowest BCUT2D eigenvalue weighted by Crippen LogP contribution is -2.37. The van der Waals surface area contributed by atoms with Crippen molar-refractivity contribution in [1.29, 1.82) is 0 Å². The number of hydrogen-bond acceptors (Lipinski definition) is 4. The van der Waals surface area contributed by atoms with Gasteiger partial charge < -0.3 is 15.0 Å². The van der Waals surface area contributed by atoms with Gasteiger partial charge in [0.15, 0.2) is 0 Å². The van der Waals surface area contributed by atoms with E-state index in [-0.39, 0.29) is 0 Å². The number of ether oxygens (including phenoxy) is 1. The van der Waals surface area contributed by atoms with Gasteiger partial charge in [-0.15, -0.1) is 0 Å². The lowest BCUT2D eigenvalue weighted by atomic mass is 10.2. The SMILES string of the molecule is COCCNCCN(C)C1CCSC1. The molecule has 3 nitrogen and oxygen atoms in total. The molecule has 84 valence electrons. The molecule has 0 amide bonds. The van der Waals surface area contributed by atoms with Crippen molar-refractivity contribution in [2.24, 2.45) is 0 Å². The van der Waals surface area contributed by atoms with Gasteiger partial charge in [0.2, 0.25) is 0 Å². The molecule has 4 heteroatoms. The maximum absolute atomic E-state index is 4.97. The van der Waals surface area contributed by atoms with Gasteiger partial charge in [-0.25, -0.2) is 0 Å². The molecule has 1 saturated heterocycles. The average Bonchev–Trinajstić information content (AvgIpc) is 2.70. The Balaban J connectivity index is 1.94. The van der Waals surface area contributed by atoms with Crippen molar-refractivity contribution in [3.05, 3.63) is 0 Å². The minimum absolute atomic E-state index is 0.809. The molecule has 0 aromatic heterocycles. The number of hydrogen-bond donors (Lipinski definition) is 1. The normalized spacial score (nSPS) is 22.1. The van der Waals surface area contributed by atoms with Crippen molar-refractivity contribution in [3.63, 3.8) is 0 Å². The van der Waals surface area contributed by atoms with Crippen LogP contribution >= 0.6 is 11.8 Å². The Bertz CT molecular complexity index is 140. The molecule has 0 bridgehead atoms. The first kappa shape index (κ1) is 12.3. The van der Waals surface area contributed by atoms with E-state index in [1.807, 2.05) is 0 Å². The first-order chi connectivity index (χ1) is 6.84. The second-order valence-electron chi connectivity index (χ2n) is 3.74. The van der Waals surface area contributed by atoms with E-state index in [4.69, 9.17) is 4.74 Å². The Morgan fingerprint density at radius 1 is 1.50 bits per heavy atom. The fourth-order valence-corrected chi connectivity index (χ4v) is 2.91. The number of likely N-dealkylation sites (N-methyl/N-ethyl adjacent to an activating group) is 1. The second kappa shape index (κ2) is 7.51. The van der Waals surface area contributed by atoms with Gasteiger partial charge >= 0.3 is 0 Å². The van der Waals surface area contributed by atoms with Gasteiger partial charge in [-0.05, 0) is 19.2 Å². The molecule has 0 spiro atoms. The molecule has 1 aliphatic rings. The van der Waals surface area contributed by atoms with Crippen LogP contribution in [0.3, 0.4) is 0 Å². The van der Waals surface area contributed by atoms with E-state index in [9.17, 15) is 0 Å². The molecule has 1 atom stereocenters. The fourth-order valence-electron chi connectivity index (χ4n) is 1.61. The molecular weight excluding hydrogens is 196 g/mol. The maximum Gasteiger partial charge on any atom is 0.0587 e. The Labute approximate surface area is 91.6 Å². The van der Waals surface area contributed by atoms with Crippen molar-refractivity contribution < 1.29 is 4.74 Å². The number of methoxy groups -OCH3 is 1. The van der Waals surface area contributed by atoms with Crippen LogP contribution < -0.4 is 5.32 Å². The van der Waals surface area contributed by atoms with E-state index in [0.717, 1.165) is 32.3 Å². The van der Waals surface area contributed by atoms with Crippen LogP contribution in [-0.2, 0) is 4.74 Å². The summed E-state index contributed by atoms with van der Waals surface area (Å²) in [5.41, 5.74) is 0. The molecule has 0 aromatic rings. The second-order valence-corrected chi connectivity index (χ2v) is 4.89. The number of rotatable bonds is 7. The van der Waals surface area contributed by atoms with E-state index in [1.54, 1.807) is 7.11 Å². The summed E-state index contributed by atoms with van der Waals surface area (Å²) in [4.78, 5) is 2.47. The number of thioether (sulfide) groups is 1. The summed E-state index contributed by atoms with van der Waals surface area (Å²) in [5.74, 6) is 2.65. The van der Waals surface area contributed by atoms with Crippen molar-refractivity contribution in [2.45, 2.75) is 12.5 Å². The average molecular weight is 218 g/mol.